The highest BCUT2D eigenvalue weighted by Gasteiger charge is 2.28. The van der Waals surface area contributed by atoms with E-state index in [9.17, 15) is 0 Å². The van der Waals surface area contributed by atoms with Gasteiger partial charge in [-0.3, -0.25) is 4.90 Å². The average molecular weight is 151 g/mol. The molecule has 1 heteroatoms. The maximum Gasteiger partial charge on any atom is 0.0195 e. The number of fused-ring (bicyclic) bond motifs is 1. The summed E-state index contributed by atoms with van der Waals surface area (Å²) in [6.07, 6.45) is 4.20. The Labute approximate surface area is 69.1 Å². The third-order valence-corrected chi connectivity index (χ3v) is 3.21. The summed E-state index contributed by atoms with van der Waals surface area (Å²) in [5.74, 6) is 0. The Bertz CT molecular complexity index is 173. The smallest absolute Gasteiger partial charge is 0.0195 e. The van der Waals surface area contributed by atoms with Crippen molar-refractivity contribution in [3.8, 4) is 0 Å². The number of rotatable bonds is 0. The predicted molar refractivity (Wildman–Crippen MR) is 47.6 cm³/mol. The zero-order valence-electron chi connectivity index (χ0n) is 7.56. The van der Waals surface area contributed by atoms with E-state index in [-0.39, 0.29) is 0 Å². The maximum absolute atomic E-state index is 2.64. The van der Waals surface area contributed by atoms with Crippen LogP contribution in [-0.2, 0) is 0 Å². The Morgan fingerprint density at radius 1 is 1.27 bits per heavy atom. The molecule has 0 aromatic heterocycles. The minimum Gasteiger partial charge on any atom is -0.296 e. The van der Waals surface area contributed by atoms with Gasteiger partial charge in [-0.2, -0.15) is 0 Å². The second-order valence-electron chi connectivity index (χ2n) is 4.03. The van der Waals surface area contributed by atoms with Crippen molar-refractivity contribution in [3.63, 3.8) is 0 Å². The number of nitrogens with zero attached hydrogens (tertiary/aromatic N) is 1. The fourth-order valence-corrected chi connectivity index (χ4v) is 2.30. The van der Waals surface area contributed by atoms with Gasteiger partial charge in [-0.1, -0.05) is 11.1 Å². The van der Waals surface area contributed by atoms with Crippen LogP contribution in [0.2, 0.25) is 0 Å². The van der Waals surface area contributed by atoms with Crippen molar-refractivity contribution in [1.29, 1.82) is 0 Å². The minimum atomic E-state index is 0.902. The van der Waals surface area contributed by atoms with E-state index in [0.717, 1.165) is 6.04 Å². The molecule has 0 spiro atoms. The molecule has 1 unspecified atom stereocenters. The van der Waals surface area contributed by atoms with Crippen molar-refractivity contribution in [2.45, 2.75) is 39.2 Å². The lowest BCUT2D eigenvalue weighted by atomic mass is 9.97. The van der Waals surface area contributed by atoms with Crippen molar-refractivity contribution in [3.05, 3.63) is 11.1 Å². The van der Waals surface area contributed by atoms with Crippen molar-refractivity contribution < 1.29 is 0 Å². The van der Waals surface area contributed by atoms with Crippen LogP contribution < -0.4 is 0 Å². The monoisotopic (exact) mass is 151 g/mol. The van der Waals surface area contributed by atoms with E-state index < -0.39 is 0 Å². The number of hydrogen-bond acceptors (Lipinski definition) is 1. The van der Waals surface area contributed by atoms with Crippen LogP contribution in [0.4, 0.5) is 0 Å². The summed E-state index contributed by atoms with van der Waals surface area (Å²) in [5, 5.41) is 0. The molecule has 0 bridgehead atoms. The lowest BCUT2D eigenvalue weighted by molar-refractivity contribution is 0.257. The van der Waals surface area contributed by atoms with E-state index in [1.807, 2.05) is 0 Å². The molecule has 1 fully saturated rings. The van der Waals surface area contributed by atoms with E-state index in [4.69, 9.17) is 0 Å². The molecule has 0 N–H and O–H groups in total. The molecule has 0 aromatic rings. The highest BCUT2D eigenvalue weighted by Crippen LogP contribution is 2.29. The Morgan fingerprint density at radius 3 is 2.91 bits per heavy atom. The second kappa shape index (κ2) is 2.63. The fraction of sp³-hybridized carbons (Fsp3) is 0.800. The van der Waals surface area contributed by atoms with Crippen LogP contribution in [0.3, 0.4) is 0 Å². The Balaban J connectivity index is 2.14. The molecule has 0 aliphatic carbocycles. The van der Waals surface area contributed by atoms with Gasteiger partial charge in [0.05, 0.1) is 0 Å². The zero-order valence-corrected chi connectivity index (χ0v) is 7.56. The standard InChI is InChI=1S/C10H17N/c1-8-6-10-4-3-5-11(10)7-9(8)2/h10H,3-7H2,1-2H3. The van der Waals surface area contributed by atoms with Crippen LogP contribution >= 0.6 is 0 Å². The van der Waals surface area contributed by atoms with Crippen molar-refractivity contribution in [1.82, 2.24) is 4.90 Å². The van der Waals surface area contributed by atoms with E-state index in [1.165, 1.54) is 32.4 Å². The molecule has 62 valence electrons. The van der Waals surface area contributed by atoms with E-state index in [0.29, 0.717) is 0 Å². The van der Waals surface area contributed by atoms with Gasteiger partial charge in [0.15, 0.2) is 0 Å². The lowest BCUT2D eigenvalue weighted by Gasteiger charge is -2.31. The van der Waals surface area contributed by atoms with Gasteiger partial charge in [-0.25, -0.2) is 0 Å². The van der Waals surface area contributed by atoms with Crippen LogP contribution in [0.5, 0.6) is 0 Å². The highest BCUT2D eigenvalue weighted by molar-refractivity contribution is 5.17. The molecule has 0 saturated carbocycles. The fourth-order valence-electron chi connectivity index (χ4n) is 2.30. The van der Waals surface area contributed by atoms with Crippen molar-refractivity contribution >= 4 is 0 Å². The molecule has 1 nitrogen and oxygen atoms in total. The van der Waals surface area contributed by atoms with Crippen LogP contribution in [0.25, 0.3) is 0 Å². The van der Waals surface area contributed by atoms with Crippen LogP contribution in [0, 0.1) is 0 Å². The zero-order chi connectivity index (χ0) is 7.84. The van der Waals surface area contributed by atoms with Gasteiger partial charge >= 0.3 is 0 Å². The molecule has 2 rings (SSSR count). The molecule has 2 aliphatic rings. The third kappa shape index (κ3) is 1.22. The normalized spacial score (nSPS) is 32.7. The highest BCUT2D eigenvalue weighted by atomic mass is 15.2. The molecule has 0 radical (unpaired) electrons. The van der Waals surface area contributed by atoms with E-state index in [1.54, 1.807) is 11.1 Å². The van der Waals surface area contributed by atoms with Gasteiger partial charge in [0.2, 0.25) is 0 Å². The first-order chi connectivity index (χ1) is 5.27. The van der Waals surface area contributed by atoms with Crippen molar-refractivity contribution in [2.75, 3.05) is 13.1 Å². The van der Waals surface area contributed by atoms with E-state index >= 15 is 0 Å². The molecular weight excluding hydrogens is 134 g/mol. The van der Waals surface area contributed by atoms with Gasteiger partial charge in [-0.05, 0) is 39.7 Å². The molecule has 0 amide bonds. The summed E-state index contributed by atoms with van der Waals surface area (Å²) in [6, 6.07) is 0.902. The van der Waals surface area contributed by atoms with Crippen LogP contribution in [0.15, 0.2) is 11.1 Å². The Hall–Kier alpha value is -0.300. The van der Waals surface area contributed by atoms with Gasteiger partial charge in [0.1, 0.15) is 0 Å². The first kappa shape index (κ1) is 7.35. The molecule has 1 atom stereocenters. The molecule has 11 heavy (non-hydrogen) atoms. The largest absolute Gasteiger partial charge is 0.296 e. The lowest BCUT2D eigenvalue weighted by Crippen LogP contribution is -2.34. The minimum absolute atomic E-state index is 0.902. The van der Waals surface area contributed by atoms with Crippen molar-refractivity contribution in [2.24, 2.45) is 0 Å². The van der Waals surface area contributed by atoms with Gasteiger partial charge in [0, 0.05) is 12.6 Å². The van der Waals surface area contributed by atoms with Gasteiger partial charge in [0.25, 0.3) is 0 Å². The average Bonchev–Trinajstić information content (AvgIpc) is 2.36. The third-order valence-electron chi connectivity index (χ3n) is 3.21. The summed E-state index contributed by atoms with van der Waals surface area (Å²) < 4.78 is 0. The van der Waals surface area contributed by atoms with Gasteiger partial charge < -0.3 is 0 Å². The Kier molecular flexibility index (Phi) is 1.76. The first-order valence-electron chi connectivity index (χ1n) is 4.66. The summed E-state index contributed by atoms with van der Waals surface area (Å²) in [5.41, 5.74) is 3.26. The summed E-state index contributed by atoms with van der Waals surface area (Å²) in [6.45, 7) is 7.17. The molecule has 2 heterocycles. The SMILES string of the molecule is CC1=C(C)CN2CCCC2C1. The first-order valence-corrected chi connectivity index (χ1v) is 4.66. The molecule has 2 aliphatic heterocycles. The molecule has 1 saturated heterocycles. The van der Waals surface area contributed by atoms with Crippen LogP contribution in [-0.4, -0.2) is 24.0 Å². The van der Waals surface area contributed by atoms with Gasteiger partial charge in [-0.15, -0.1) is 0 Å². The molecule has 0 aromatic carbocycles. The van der Waals surface area contributed by atoms with E-state index in [2.05, 4.69) is 18.7 Å². The summed E-state index contributed by atoms with van der Waals surface area (Å²) in [4.78, 5) is 2.64. The topological polar surface area (TPSA) is 3.24 Å². The second-order valence-corrected chi connectivity index (χ2v) is 4.03. The maximum atomic E-state index is 2.64. The summed E-state index contributed by atoms with van der Waals surface area (Å²) in [7, 11) is 0. The Morgan fingerprint density at radius 2 is 2.09 bits per heavy atom. The predicted octanol–water partition coefficient (Wildman–Crippen LogP) is 2.19. The quantitative estimate of drug-likeness (QED) is 0.480. The number of hydrogen-bond donors (Lipinski definition) is 0. The molecular formula is C10H17N. The summed E-state index contributed by atoms with van der Waals surface area (Å²) >= 11 is 0. The van der Waals surface area contributed by atoms with Crippen LogP contribution in [0.1, 0.15) is 33.1 Å².